The summed E-state index contributed by atoms with van der Waals surface area (Å²) in [7, 11) is 0. The first-order valence-electron chi connectivity index (χ1n) is 6.80. The molecule has 1 aromatic carbocycles. The second-order valence-corrected chi connectivity index (χ2v) is 5.21. The van der Waals surface area contributed by atoms with Gasteiger partial charge in [-0.25, -0.2) is 8.78 Å². The van der Waals surface area contributed by atoms with E-state index in [1.165, 1.54) is 31.2 Å². The van der Waals surface area contributed by atoms with Gasteiger partial charge in [0, 0.05) is 0 Å². The number of hydrogen-bond acceptors (Lipinski definition) is 0. The molecule has 0 atom stereocenters. The summed E-state index contributed by atoms with van der Waals surface area (Å²) in [5, 5.41) is 0. The van der Waals surface area contributed by atoms with Crippen molar-refractivity contribution in [3.8, 4) is 0 Å². The summed E-state index contributed by atoms with van der Waals surface area (Å²) in [5.74, 6) is 1.15. The van der Waals surface area contributed by atoms with Crippen molar-refractivity contribution in [2.45, 2.75) is 44.4 Å². The van der Waals surface area contributed by atoms with Crippen LogP contribution in [0.1, 0.15) is 50.0 Å². The third-order valence-corrected chi connectivity index (χ3v) is 4.02. The third-order valence-electron chi connectivity index (χ3n) is 4.02. The van der Waals surface area contributed by atoms with E-state index in [0.29, 0.717) is 12.2 Å². The lowest BCUT2D eigenvalue weighted by Gasteiger charge is -2.28. The maximum atomic E-state index is 12.9. The Balaban J connectivity index is 1.81. The van der Waals surface area contributed by atoms with E-state index in [-0.39, 0.29) is 5.82 Å². The van der Waals surface area contributed by atoms with Crippen LogP contribution in [0.3, 0.4) is 0 Å². The largest absolute Gasteiger partial charge is 0.216 e. The van der Waals surface area contributed by atoms with Gasteiger partial charge in [0.15, 0.2) is 0 Å². The number of halogens is 2. The van der Waals surface area contributed by atoms with Crippen LogP contribution in [0.4, 0.5) is 8.78 Å². The summed E-state index contributed by atoms with van der Waals surface area (Å²) in [6.07, 6.45) is 8.96. The molecule has 0 saturated heterocycles. The van der Waals surface area contributed by atoms with Gasteiger partial charge in [-0.2, -0.15) is 0 Å². The third kappa shape index (κ3) is 3.66. The molecule has 18 heavy (non-hydrogen) atoms. The highest BCUT2D eigenvalue weighted by Crippen LogP contribution is 2.37. The van der Waals surface area contributed by atoms with Crippen LogP contribution in [0.25, 0.3) is 0 Å². The van der Waals surface area contributed by atoms with Crippen molar-refractivity contribution in [1.82, 2.24) is 0 Å². The van der Waals surface area contributed by atoms with E-state index >= 15 is 0 Å². The van der Waals surface area contributed by atoms with Crippen LogP contribution in [0.15, 0.2) is 36.7 Å². The number of allylic oxidation sites excluding steroid dienone is 1. The smallest absolute Gasteiger partial charge is 0.123 e. The highest BCUT2D eigenvalue weighted by Gasteiger charge is 2.21. The van der Waals surface area contributed by atoms with E-state index in [1.54, 1.807) is 18.2 Å². The van der Waals surface area contributed by atoms with Crippen molar-refractivity contribution in [2.75, 3.05) is 0 Å². The summed E-state index contributed by atoms with van der Waals surface area (Å²) < 4.78 is 24.7. The van der Waals surface area contributed by atoms with Crippen molar-refractivity contribution >= 4 is 0 Å². The average molecular weight is 250 g/mol. The van der Waals surface area contributed by atoms with Crippen LogP contribution in [0.5, 0.6) is 0 Å². The predicted octanol–water partition coefficient (Wildman–Crippen LogP) is 5.36. The van der Waals surface area contributed by atoms with E-state index < -0.39 is 0 Å². The highest BCUT2D eigenvalue weighted by atomic mass is 19.1. The second kappa shape index (κ2) is 6.67. The first kappa shape index (κ1) is 13.3. The SMILES string of the molecule is FC=CCC[C@H]1CC[C@H](c2ccc(F)cc2)CC1. The van der Waals surface area contributed by atoms with Crippen LogP contribution < -0.4 is 0 Å². The highest BCUT2D eigenvalue weighted by molar-refractivity contribution is 5.20. The van der Waals surface area contributed by atoms with E-state index in [2.05, 4.69) is 0 Å². The molecular formula is C16H20F2. The van der Waals surface area contributed by atoms with Gasteiger partial charge >= 0.3 is 0 Å². The maximum Gasteiger partial charge on any atom is 0.123 e. The van der Waals surface area contributed by atoms with E-state index in [4.69, 9.17) is 0 Å². The molecule has 0 nitrogen and oxygen atoms in total. The average Bonchev–Trinajstić information content (AvgIpc) is 2.41. The minimum absolute atomic E-state index is 0.162. The fourth-order valence-electron chi connectivity index (χ4n) is 2.91. The van der Waals surface area contributed by atoms with Crippen molar-refractivity contribution in [3.05, 3.63) is 48.1 Å². The monoisotopic (exact) mass is 250 g/mol. The lowest BCUT2D eigenvalue weighted by Crippen LogP contribution is -2.13. The Morgan fingerprint density at radius 3 is 2.33 bits per heavy atom. The van der Waals surface area contributed by atoms with E-state index in [9.17, 15) is 8.78 Å². The van der Waals surface area contributed by atoms with Gasteiger partial charge in [-0.15, -0.1) is 0 Å². The molecule has 2 heteroatoms. The van der Waals surface area contributed by atoms with Crippen molar-refractivity contribution < 1.29 is 8.78 Å². The van der Waals surface area contributed by atoms with Crippen molar-refractivity contribution in [2.24, 2.45) is 5.92 Å². The molecule has 0 heterocycles. The van der Waals surface area contributed by atoms with Gasteiger partial charge in [0.2, 0.25) is 0 Å². The van der Waals surface area contributed by atoms with Gasteiger partial charge in [0.1, 0.15) is 5.82 Å². The Bertz CT molecular complexity index is 373. The molecule has 0 radical (unpaired) electrons. The first-order valence-corrected chi connectivity index (χ1v) is 6.80. The second-order valence-electron chi connectivity index (χ2n) is 5.21. The minimum Gasteiger partial charge on any atom is -0.216 e. The normalized spacial score (nSPS) is 24.6. The number of hydrogen-bond donors (Lipinski definition) is 0. The summed E-state index contributed by atoms with van der Waals surface area (Å²) in [4.78, 5) is 0. The lowest BCUT2D eigenvalue weighted by molar-refractivity contribution is 0.311. The molecule has 0 amide bonds. The molecule has 98 valence electrons. The molecule has 0 aromatic heterocycles. The van der Waals surface area contributed by atoms with Gasteiger partial charge < -0.3 is 0 Å². The zero-order chi connectivity index (χ0) is 12.8. The summed E-state index contributed by atoms with van der Waals surface area (Å²) in [5.41, 5.74) is 1.26. The molecule has 0 aliphatic heterocycles. The summed E-state index contributed by atoms with van der Waals surface area (Å²) in [6, 6.07) is 6.92. The summed E-state index contributed by atoms with van der Waals surface area (Å²) >= 11 is 0. The van der Waals surface area contributed by atoms with Gasteiger partial charge in [0.25, 0.3) is 0 Å². The first-order chi connectivity index (χ1) is 8.79. The van der Waals surface area contributed by atoms with Crippen LogP contribution in [0, 0.1) is 11.7 Å². The molecule has 0 spiro atoms. The van der Waals surface area contributed by atoms with Gasteiger partial charge in [-0.3, -0.25) is 0 Å². The quantitative estimate of drug-likeness (QED) is 0.674. The molecule has 2 rings (SSSR count). The standard InChI is InChI=1S/C16H20F2/c17-12-2-1-3-13-4-6-14(7-5-13)15-8-10-16(18)11-9-15/h2,8-14H,1,3-7H2/t13-,14-. The Labute approximate surface area is 108 Å². The Hall–Kier alpha value is -1.18. The fourth-order valence-corrected chi connectivity index (χ4v) is 2.91. The molecular weight excluding hydrogens is 230 g/mol. The van der Waals surface area contributed by atoms with Gasteiger partial charge in [0.05, 0.1) is 6.33 Å². The molecule has 1 aliphatic rings. The molecule has 0 N–H and O–H groups in total. The zero-order valence-corrected chi connectivity index (χ0v) is 10.6. The van der Waals surface area contributed by atoms with E-state index in [0.717, 1.165) is 18.8 Å². The predicted molar refractivity (Wildman–Crippen MR) is 70.6 cm³/mol. The Kier molecular flexibility index (Phi) is 4.91. The van der Waals surface area contributed by atoms with Crippen molar-refractivity contribution in [1.29, 1.82) is 0 Å². The van der Waals surface area contributed by atoms with Crippen LogP contribution >= 0.6 is 0 Å². The molecule has 0 bridgehead atoms. The topological polar surface area (TPSA) is 0 Å². The Morgan fingerprint density at radius 2 is 1.72 bits per heavy atom. The van der Waals surface area contributed by atoms with Crippen LogP contribution in [-0.2, 0) is 0 Å². The fraction of sp³-hybridized carbons (Fsp3) is 0.500. The lowest BCUT2D eigenvalue weighted by atomic mass is 9.77. The molecule has 1 aliphatic carbocycles. The van der Waals surface area contributed by atoms with Gasteiger partial charge in [-0.1, -0.05) is 18.2 Å². The molecule has 0 unspecified atom stereocenters. The Morgan fingerprint density at radius 1 is 1.06 bits per heavy atom. The van der Waals surface area contributed by atoms with Gasteiger partial charge in [-0.05, 0) is 68.1 Å². The number of benzene rings is 1. The van der Waals surface area contributed by atoms with Crippen molar-refractivity contribution in [3.63, 3.8) is 0 Å². The maximum absolute atomic E-state index is 12.9. The van der Waals surface area contributed by atoms with E-state index in [1.807, 2.05) is 12.1 Å². The zero-order valence-electron chi connectivity index (χ0n) is 10.6. The minimum atomic E-state index is -0.162. The molecule has 1 saturated carbocycles. The molecule has 1 fully saturated rings. The molecule has 1 aromatic rings. The summed E-state index contributed by atoms with van der Waals surface area (Å²) in [6.45, 7) is 0. The number of rotatable bonds is 4. The van der Waals surface area contributed by atoms with Crippen LogP contribution in [-0.4, -0.2) is 0 Å². The van der Waals surface area contributed by atoms with Crippen LogP contribution in [0.2, 0.25) is 0 Å².